The van der Waals surface area contributed by atoms with Crippen molar-refractivity contribution >= 4 is 0 Å². The van der Waals surface area contributed by atoms with Crippen molar-refractivity contribution in [2.75, 3.05) is 19.8 Å². The smallest absolute Gasteiger partial charge is 0.285 e. The van der Waals surface area contributed by atoms with Gasteiger partial charge in [-0.25, -0.2) is 13.2 Å². The summed E-state index contributed by atoms with van der Waals surface area (Å²) in [5.41, 5.74) is 0.508. The van der Waals surface area contributed by atoms with Gasteiger partial charge in [0, 0.05) is 11.3 Å². The molecule has 3 aliphatic heterocycles. The fourth-order valence-corrected chi connectivity index (χ4v) is 5.10. The van der Waals surface area contributed by atoms with Gasteiger partial charge in [0.15, 0.2) is 17.5 Å². The van der Waals surface area contributed by atoms with Crippen molar-refractivity contribution in [1.29, 1.82) is 0 Å². The van der Waals surface area contributed by atoms with Gasteiger partial charge in [-0.1, -0.05) is 32.6 Å². The second kappa shape index (κ2) is 8.56. The lowest BCUT2D eigenvalue weighted by Gasteiger charge is -2.55. The summed E-state index contributed by atoms with van der Waals surface area (Å²) >= 11 is 0. The number of fused-ring (bicyclic) bond motifs is 3. The van der Waals surface area contributed by atoms with Crippen LogP contribution in [0.3, 0.4) is 0 Å². The highest BCUT2D eigenvalue weighted by molar-refractivity contribution is 5.23. The Balaban J connectivity index is 1.32. The molecule has 0 spiro atoms. The van der Waals surface area contributed by atoms with Crippen LogP contribution in [0, 0.1) is 28.8 Å². The molecule has 2 bridgehead atoms. The molecular weight excluding hydrogens is 381 g/mol. The number of hydrogen-bond donors (Lipinski definition) is 0. The van der Waals surface area contributed by atoms with Crippen LogP contribution in [0.2, 0.25) is 0 Å². The monoisotopic (exact) mass is 412 g/mol. The predicted molar refractivity (Wildman–Crippen MR) is 103 cm³/mol. The number of hydrogen-bond acceptors (Lipinski definition) is 3. The van der Waals surface area contributed by atoms with Gasteiger partial charge in [-0.15, -0.1) is 0 Å². The first-order valence-electron chi connectivity index (χ1n) is 11.0. The molecule has 1 aromatic carbocycles. The van der Waals surface area contributed by atoms with Crippen molar-refractivity contribution in [2.24, 2.45) is 11.3 Å². The van der Waals surface area contributed by atoms with Gasteiger partial charge in [0.1, 0.15) is 0 Å². The van der Waals surface area contributed by atoms with Crippen molar-refractivity contribution in [3.05, 3.63) is 35.1 Å². The topological polar surface area (TPSA) is 27.7 Å². The molecule has 29 heavy (non-hydrogen) atoms. The highest BCUT2D eigenvalue weighted by Gasteiger charge is 2.56. The lowest BCUT2D eigenvalue weighted by molar-refractivity contribution is -0.488. The van der Waals surface area contributed by atoms with E-state index in [2.05, 4.69) is 6.92 Å². The quantitative estimate of drug-likeness (QED) is 0.402. The van der Waals surface area contributed by atoms with Crippen LogP contribution in [-0.2, 0) is 14.2 Å². The minimum atomic E-state index is -1.40. The van der Waals surface area contributed by atoms with Gasteiger partial charge in [-0.2, -0.15) is 0 Å². The Kier molecular flexibility index (Phi) is 6.24. The van der Waals surface area contributed by atoms with Crippen LogP contribution in [0.4, 0.5) is 13.2 Å². The Morgan fingerprint density at radius 3 is 2.00 bits per heavy atom. The molecule has 5 rings (SSSR count). The second-order valence-corrected chi connectivity index (χ2v) is 9.13. The molecule has 3 saturated heterocycles. The van der Waals surface area contributed by atoms with E-state index in [1.807, 2.05) is 0 Å². The van der Waals surface area contributed by atoms with E-state index in [0.29, 0.717) is 25.4 Å². The highest BCUT2D eigenvalue weighted by atomic mass is 19.2. The number of halogens is 3. The van der Waals surface area contributed by atoms with Crippen LogP contribution in [0.15, 0.2) is 12.1 Å². The lowest BCUT2D eigenvalue weighted by atomic mass is 9.76. The summed E-state index contributed by atoms with van der Waals surface area (Å²) in [6.07, 6.45) is 9.02. The fourth-order valence-electron chi connectivity index (χ4n) is 5.10. The zero-order valence-corrected chi connectivity index (χ0v) is 17.2. The third-order valence-electron chi connectivity index (χ3n) is 7.00. The molecule has 1 aromatic rings. The summed E-state index contributed by atoms with van der Waals surface area (Å²) in [6, 6.07) is 2.25. The number of unbranched alkanes of at least 4 members (excludes halogenated alkanes) is 3. The average Bonchev–Trinajstić information content (AvgIpc) is 2.76. The van der Waals surface area contributed by atoms with Gasteiger partial charge in [-0.3, -0.25) is 0 Å². The van der Waals surface area contributed by atoms with Gasteiger partial charge < -0.3 is 14.2 Å². The van der Waals surface area contributed by atoms with Crippen LogP contribution in [0.5, 0.6) is 0 Å². The summed E-state index contributed by atoms with van der Waals surface area (Å²) in [4.78, 5) is 0. The average molecular weight is 412 g/mol. The van der Waals surface area contributed by atoms with E-state index in [9.17, 15) is 13.2 Å². The fraction of sp³-hybridized carbons (Fsp3) is 0.739. The minimum Gasteiger partial charge on any atom is -0.326 e. The van der Waals surface area contributed by atoms with E-state index in [-0.39, 0.29) is 17.3 Å². The molecule has 0 atom stereocenters. The molecule has 162 valence electrons. The molecule has 0 radical (unpaired) electrons. The summed E-state index contributed by atoms with van der Waals surface area (Å²) in [6.45, 7) is 4.23. The van der Waals surface area contributed by atoms with Crippen LogP contribution in [-0.4, -0.2) is 25.8 Å². The third kappa shape index (κ3) is 4.21. The maximum atomic E-state index is 13.6. The largest absolute Gasteiger partial charge is 0.326 e. The Bertz CT molecular complexity index is 668. The summed E-state index contributed by atoms with van der Waals surface area (Å²) in [5.74, 6) is -4.49. The number of rotatable bonds is 7. The molecule has 4 aliphatic rings. The van der Waals surface area contributed by atoms with Gasteiger partial charge >= 0.3 is 0 Å². The van der Waals surface area contributed by atoms with Crippen LogP contribution in [0.25, 0.3) is 0 Å². The van der Waals surface area contributed by atoms with Gasteiger partial charge in [-0.05, 0) is 55.7 Å². The van der Waals surface area contributed by atoms with Crippen molar-refractivity contribution in [3.8, 4) is 0 Å². The maximum Gasteiger partial charge on any atom is 0.285 e. The Morgan fingerprint density at radius 2 is 1.45 bits per heavy atom. The molecule has 1 aliphatic carbocycles. The second-order valence-electron chi connectivity index (χ2n) is 9.13. The van der Waals surface area contributed by atoms with E-state index in [0.717, 1.165) is 44.2 Å². The molecule has 0 unspecified atom stereocenters. The van der Waals surface area contributed by atoms with Gasteiger partial charge in [0.25, 0.3) is 5.97 Å². The van der Waals surface area contributed by atoms with Crippen molar-refractivity contribution in [3.63, 3.8) is 0 Å². The molecule has 0 aromatic heterocycles. The molecule has 6 heteroatoms. The highest BCUT2D eigenvalue weighted by Crippen LogP contribution is 2.50. The van der Waals surface area contributed by atoms with E-state index < -0.39 is 23.4 Å². The first-order valence-corrected chi connectivity index (χ1v) is 11.0. The lowest BCUT2D eigenvalue weighted by Crippen LogP contribution is -2.63. The Morgan fingerprint density at radius 1 is 0.862 bits per heavy atom. The van der Waals surface area contributed by atoms with Crippen LogP contribution >= 0.6 is 0 Å². The Hall–Kier alpha value is -1.11. The standard InChI is InChI=1S/C23H31F3O3/c1-2-3-4-5-10-22-13-27-23(28-14-22,29-15-22)18-8-6-16(7-9-18)17-11-19(24)21(26)20(25)12-17/h11-12,16,18H,2-10,13-15H2,1H3. The molecular formula is C23H31F3O3. The van der Waals surface area contributed by atoms with Crippen LogP contribution in [0.1, 0.15) is 76.2 Å². The van der Waals surface area contributed by atoms with Crippen molar-refractivity contribution in [2.45, 2.75) is 76.6 Å². The first kappa shape index (κ1) is 21.1. The van der Waals surface area contributed by atoms with Crippen LogP contribution < -0.4 is 0 Å². The maximum absolute atomic E-state index is 13.6. The zero-order chi connectivity index (χ0) is 20.5. The molecule has 1 saturated carbocycles. The summed E-state index contributed by atoms with van der Waals surface area (Å²) in [7, 11) is 0. The summed E-state index contributed by atoms with van der Waals surface area (Å²) < 4.78 is 58.8. The van der Waals surface area contributed by atoms with E-state index >= 15 is 0 Å². The number of benzene rings is 1. The SMILES string of the molecule is CCCCCCC12COC(C3CCC(c4cc(F)c(F)c(F)c4)CC3)(OC1)OC2. The van der Waals surface area contributed by atoms with E-state index in [1.165, 1.54) is 25.7 Å². The number of ether oxygens (including phenoxy) is 3. The van der Waals surface area contributed by atoms with E-state index in [4.69, 9.17) is 14.2 Å². The van der Waals surface area contributed by atoms with Crippen molar-refractivity contribution in [1.82, 2.24) is 0 Å². The molecule has 0 N–H and O–H groups in total. The molecule has 3 nitrogen and oxygen atoms in total. The molecule has 3 heterocycles. The zero-order valence-electron chi connectivity index (χ0n) is 17.2. The summed E-state index contributed by atoms with van der Waals surface area (Å²) in [5, 5.41) is 0. The normalized spacial score (nSPS) is 34.5. The van der Waals surface area contributed by atoms with E-state index in [1.54, 1.807) is 0 Å². The Labute approximate surface area is 170 Å². The first-order chi connectivity index (χ1) is 14.0. The predicted octanol–water partition coefficient (Wildman–Crippen LogP) is 6.07. The third-order valence-corrected chi connectivity index (χ3v) is 7.00. The minimum absolute atomic E-state index is 0.0112. The van der Waals surface area contributed by atoms with Gasteiger partial charge in [0.2, 0.25) is 0 Å². The molecule has 4 fully saturated rings. The van der Waals surface area contributed by atoms with Crippen molar-refractivity contribution < 1.29 is 27.4 Å². The molecule has 0 amide bonds. The van der Waals surface area contributed by atoms with Gasteiger partial charge in [0.05, 0.1) is 19.8 Å².